The molecule has 0 atom stereocenters. The monoisotopic (exact) mass is 311 g/mol. The Labute approximate surface area is 131 Å². The molecular formula is C16H13N3O4. The van der Waals surface area contributed by atoms with E-state index in [4.69, 9.17) is 9.52 Å². The largest absolute Gasteiger partial charge is 0.476 e. The fraction of sp³-hybridized carbons (Fsp3) is 0.0625. The second-order valence-corrected chi connectivity index (χ2v) is 4.88. The predicted molar refractivity (Wildman–Crippen MR) is 81.9 cm³/mol. The van der Waals surface area contributed by atoms with Crippen LogP contribution in [0, 0.1) is 6.92 Å². The summed E-state index contributed by atoms with van der Waals surface area (Å²) in [6.45, 7) is 1.79. The highest BCUT2D eigenvalue weighted by atomic mass is 16.4. The molecule has 1 aromatic carbocycles. The van der Waals surface area contributed by atoms with Gasteiger partial charge in [-0.25, -0.2) is 9.48 Å². The first-order valence-electron chi connectivity index (χ1n) is 6.79. The molecule has 116 valence electrons. The molecule has 2 N–H and O–H groups in total. The minimum Gasteiger partial charge on any atom is -0.476 e. The number of hydrogen-bond acceptors (Lipinski definition) is 4. The van der Waals surface area contributed by atoms with Gasteiger partial charge >= 0.3 is 5.97 Å². The molecule has 2 aromatic heterocycles. The van der Waals surface area contributed by atoms with Gasteiger partial charge in [-0.2, -0.15) is 5.10 Å². The second-order valence-electron chi connectivity index (χ2n) is 4.88. The molecule has 2 heterocycles. The van der Waals surface area contributed by atoms with Crippen LogP contribution in [0.4, 0.5) is 5.69 Å². The summed E-state index contributed by atoms with van der Waals surface area (Å²) >= 11 is 0. The van der Waals surface area contributed by atoms with Gasteiger partial charge in [0, 0.05) is 17.4 Å². The van der Waals surface area contributed by atoms with Gasteiger partial charge in [0.2, 0.25) is 0 Å². The van der Waals surface area contributed by atoms with Crippen molar-refractivity contribution in [3.05, 3.63) is 65.9 Å². The maximum Gasteiger partial charge on any atom is 0.356 e. The van der Waals surface area contributed by atoms with Crippen LogP contribution < -0.4 is 5.32 Å². The Morgan fingerprint density at radius 2 is 1.91 bits per heavy atom. The van der Waals surface area contributed by atoms with Crippen LogP contribution in [-0.2, 0) is 0 Å². The van der Waals surface area contributed by atoms with E-state index in [1.54, 1.807) is 43.5 Å². The van der Waals surface area contributed by atoms with Crippen LogP contribution in [0.3, 0.4) is 0 Å². The number of aromatic nitrogens is 2. The number of carbonyl (C=O) groups is 2. The molecular weight excluding hydrogens is 298 g/mol. The number of carboxylic acid groups (broad SMARTS) is 1. The van der Waals surface area contributed by atoms with Gasteiger partial charge in [0.25, 0.3) is 5.91 Å². The van der Waals surface area contributed by atoms with Crippen molar-refractivity contribution in [3.63, 3.8) is 0 Å². The van der Waals surface area contributed by atoms with Crippen molar-refractivity contribution in [3.8, 4) is 5.69 Å². The number of aromatic carboxylic acids is 1. The van der Waals surface area contributed by atoms with Crippen molar-refractivity contribution in [1.29, 1.82) is 0 Å². The molecule has 0 radical (unpaired) electrons. The third-order valence-electron chi connectivity index (χ3n) is 3.27. The number of anilines is 1. The van der Waals surface area contributed by atoms with Crippen molar-refractivity contribution >= 4 is 17.6 Å². The topological polar surface area (TPSA) is 97.4 Å². The van der Waals surface area contributed by atoms with E-state index in [1.807, 2.05) is 0 Å². The minimum atomic E-state index is -1.08. The van der Waals surface area contributed by atoms with Gasteiger partial charge in [0.05, 0.1) is 12.0 Å². The van der Waals surface area contributed by atoms with E-state index < -0.39 is 5.97 Å². The van der Waals surface area contributed by atoms with Gasteiger partial charge < -0.3 is 14.8 Å². The third-order valence-corrected chi connectivity index (χ3v) is 3.27. The first-order valence-corrected chi connectivity index (χ1v) is 6.79. The number of rotatable bonds is 4. The number of carbonyl (C=O) groups excluding carboxylic acids is 1. The zero-order chi connectivity index (χ0) is 16.4. The standard InChI is InChI=1S/C16H13N3O4/c1-10-7-9-23-14(10)15(20)17-11-2-4-12(5-3-11)19-8-6-13(18-19)16(21)22/h2-9H,1H3,(H,17,20)(H,21,22). The molecule has 0 aliphatic rings. The van der Waals surface area contributed by atoms with Gasteiger partial charge in [-0.1, -0.05) is 0 Å². The summed E-state index contributed by atoms with van der Waals surface area (Å²) in [6, 6.07) is 9.99. The number of nitrogens with one attached hydrogen (secondary N) is 1. The molecule has 3 aromatic rings. The number of carboxylic acids is 1. The predicted octanol–water partition coefficient (Wildman–Crippen LogP) is 2.72. The highest BCUT2D eigenvalue weighted by Crippen LogP contribution is 2.16. The maximum atomic E-state index is 12.0. The highest BCUT2D eigenvalue weighted by Gasteiger charge is 2.13. The van der Waals surface area contributed by atoms with E-state index in [9.17, 15) is 9.59 Å². The zero-order valence-electron chi connectivity index (χ0n) is 12.2. The Morgan fingerprint density at radius 3 is 2.48 bits per heavy atom. The van der Waals surface area contributed by atoms with Gasteiger partial charge in [0.15, 0.2) is 11.5 Å². The molecule has 0 saturated carbocycles. The lowest BCUT2D eigenvalue weighted by molar-refractivity contribution is 0.0689. The maximum absolute atomic E-state index is 12.0. The SMILES string of the molecule is Cc1ccoc1C(=O)Nc1ccc(-n2ccc(C(=O)O)n2)cc1. The summed E-state index contributed by atoms with van der Waals surface area (Å²) in [4.78, 5) is 22.9. The smallest absolute Gasteiger partial charge is 0.356 e. The summed E-state index contributed by atoms with van der Waals surface area (Å²) in [7, 11) is 0. The van der Waals surface area contributed by atoms with Gasteiger partial charge in [-0.3, -0.25) is 4.79 Å². The van der Waals surface area contributed by atoms with E-state index in [-0.39, 0.29) is 17.4 Å². The Hall–Kier alpha value is -3.35. The van der Waals surface area contributed by atoms with Gasteiger partial charge in [-0.05, 0) is 43.3 Å². The Kier molecular flexibility index (Phi) is 3.68. The third kappa shape index (κ3) is 2.98. The Morgan fingerprint density at radius 1 is 1.17 bits per heavy atom. The van der Waals surface area contributed by atoms with Gasteiger partial charge in [0.1, 0.15) is 0 Å². The fourth-order valence-electron chi connectivity index (χ4n) is 2.07. The van der Waals surface area contributed by atoms with Crippen molar-refractivity contribution in [2.45, 2.75) is 6.92 Å². The van der Waals surface area contributed by atoms with E-state index in [0.717, 1.165) is 5.56 Å². The van der Waals surface area contributed by atoms with Crippen molar-refractivity contribution < 1.29 is 19.1 Å². The lowest BCUT2D eigenvalue weighted by Crippen LogP contribution is -2.12. The number of nitrogens with zero attached hydrogens (tertiary/aromatic N) is 2. The molecule has 23 heavy (non-hydrogen) atoms. The number of hydrogen-bond donors (Lipinski definition) is 2. The van der Waals surface area contributed by atoms with Crippen molar-refractivity contribution in [1.82, 2.24) is 9.78 Å². The van der Waals surface area contributed by atoms with Crippen molar-refractivity contribution in [2.75, 3.05) is 5.32 Å². The molecule has 0 spiro atoms. The second kappa shape index (κ2) is 5.80. The summed E-state index contributed by atoms with van der Waals surface area (Å²) < 4.78 is 6.58. The summed E-state index contributed by atoms with van der Waals surface area (Å²) in [5.41, 5.74) is 2.01. The highest BCUT2D eigenvalue weighted by molar-refractivity contribution is 6.03. The molecule has 1 amide bonds. The molecule has 0 bridgehead atoms. The first-order chi connectivity index (χ1) is 11.0. The van der Waals surface area contributed by atoms with E-state index in [0.29, 0.717) is 11.4 Å². The molecule has 0 aliphatic carbocycles. The number of amides is 1. The normalized spacial score (nSPS) is 10.5. The van der Waals surface area contributed by atoms with Crippen molar-refractivity contribution in [2.24, 2.45) is 0 Å². The van der Waals surface area contributed by atoms with Crippen LogP contribution in [0.5, 0.6) is 0 Å². The minimum absolute atomic E-state index is 0.0318. The average molecular weight is 311 g/mol. The van der Waals surface area contributed by atoms with Crippen LogP contribution in [0.1, 0.15) is 26.6 Å². The van der Waals surface area contributed by atoms with Crippen LogP contribution in [0.2, 0.25) is 0 Å². The summed E-state index contributed by atoms with van der Waals surface area (Å²) in [6.07, 6.45) is 3.02. The molecule has 7 nitrogen and oxygen atoms in total. The van der Waals surface area contributed by atoms with Crippen LogP contribution in [0.15, 0.2) is 53.3 Å². The number of benzene rings is 1. The Bertz CT molecular complexity index is 862. The quantitative estimate of drug-likeness (QED) is 0.772. The average Bonchev–Trinajstić information content (AvgIpc) is 3.17. The number of furan rings is 1. The van der Waals surface area contributed by atoms with Crippen LogP contribution in [0.25, 0.3) is 5.69 Å². The Balaban J connectivity index is 1.75. The number of aryl methyl sites for hydroxylation is 1. The molecule has 0 saturated heterocycles. The molecule has 3 rings (SSSR count). The molecule has 7 heteroatoms. The van der Waals surface area contributed by atoms with Gasteiger partial charge in [-0.15, -0.1) is 0 Å². The summed E-state index contributed by atoms with van der Waals surface area (Å²) in [5, 5.41) is 15.5. The van der Waals surface area contributed by atoms with E-state index in [2.05, 4.69) is 10.4 Å². The molecule has 0 fully saturated rings. The fourth-order valence-corrected chi connectivity index (χ4v) is 2.07. The van der Waals surface area contributed by atoms with Crippen LogP contribution >= 0.6 is 0 Å². The lowest BCUT2D eigenvalue weighted by atomic mass is 10.2. The van der Waals surface area contributed by atoms with E-state index >= 15 is 0 Å². The summed E-state index contributed by atoms with van der Waals surface area (Å²) in [5.74, 6) is -1.14. The lowest BCUT2D eigenvalue weighted by Gasteiger charge is -2.06. The van der Waals surface area contributed by atoms with Crippen LogP contribution in [-0.4, -0.2) is 26.8 Å². The van der Waals surface area contributed by atoms with E-state index in [1.165, 1.54) is 17.0 Å². The molecule has 0 unspecified atom stereocenters. The zero-order valence-corrected chi connectivity index (χ0v) is 12.2. The first kappa shape index (κ1) is 14.6. The molecule has 0 aliphatic heterocycles.